The van der Waals surface area contributed by atoms with Crippen LogP contribution < -0.4 is 10.6 Å². The molecule has 4 amide bonds. The minimum absolute atomic E-state index is 0.0231. The van der Waals surface area contributed by atoms with Crippen LogP contribution in [0.3, 0.4) is 0 Å². The quantitative estimate of drug-likeness (QED) is 0.563. The lowest BCUT2D eigenvalue weighted by atomic mass is 9.97. The molecule has 2 aliphatic rings. The average molecular weight is 269 g/mol. The molecule has 0 aromatic heterocycles. The van der Waals surface area contributed by atoms with E-state index in [-0.39, 0.29) is 24.7 Å². The third kappa shape index (κ3) is 3.21. The number of amides is 4. The van der Waals surface area contributed by atoms with Crippen LogP contribution in [0.5, 0.6) is 0 Å². The predicted molar refractivity (Wildman–Crippen MR) is 62.0 cm³/mol. The van der Waals surface area contributed by atoms with Gasteiger partial charge in [-0.2, -0.15) is 0 Å². The molecule has 2 saturated heterocycles. The first-order valence-corrected chi connectivity index (χ1v) is 6.06. The molecule has 0 spiro atoms. The minimum Gasteiger partial charge on any atom is -0.481 e. The van der Waals surface area contributed by atoms with E-state index in [1.165, 1.54) is 4.90 Å². The number of imide groups is 1. The number of carboxylic acid groups (broad SMARTS) is 1. The van der Waals surface area contributed by atoms with E-state index in [9.17, 15) is 19.2 Å². The Bertz CT molecular complexity index is 430. The van der Waals surface area contributed by atoms with Gasteiger partial charge >= 0.3 is 12.0 Å². The van der Waals surface area contributed by atoms with Gasteiger partial charge in [-0.15, -0.1) is 0 Å². The molecule has 1 unspecified atom stereocenters. The summed E-state index contributed by atoms with van der Waals surface area (Å²) < 4.78 is 0. The van der Waals surface area contributed by atoms with Crippen LogP contribution in [0.25, 0.3) is 0 Å². The second kappa shape index (κ2) is 5.25. The highest BCUT2D eigenvalue weighted by Crippen LogP contribution is 2.19. The van der Waals surface area contributed by atoms with Gasteiger partial charge in [-0.1, -0.05) is 0 Å². The highest BCUT2D eigenvalue weighted by Gasteiger charge is 2.35. The number of carbonyl (C=O) groups excluding carboxylic acids is 3. The molecule has 0 aromatic rings. The van der Waals surface area contributed by atoms with Crippen molar-refractivity contribution in [1.29, 1.82) is 0 Å². The molecule has 0 aromatic carbocycles. The number of aliphatic carboxylic acids is 1. The number of carboxylic acids is 1. The molecule has 8 nitrogen and oxygen atoms in total. The van der Waals surface area contributed by atoms with E-state index in [4.69, 9.17) is 5.11 Å². The maximum atomic E-state index is 11.8. The van der Waals surface area contributed by atoms with E-state index in [0.717, 1.165) is 0 Å². The van der Waals surface area contributed by atoms with Crippen LogP contribution in [-0.2, 0) is 14.4 Å². The Kier molecular flexibility index (Phi) is 3.68. The van der Waals surface area contributed by atoms with E-state index < -0.39 is 23.9 Å². The van der Waals surface area contributed by atoms with Gasteiger partial charge in [-0.05, 0) is 6.42 Å². The molecule has 0 aliphatic carbocycles. The molecule has 0 radical (unpaired) electrons. The number of nitrogens with zero attached hydrogens (tertiary/aromatic N) is 1. The zero-order chi connectivity index (χ0) is 14.0. The normalized spacial score (nSPS) is 23.6. The average Bonchev–Trinajstić information content (AvgIpc) is 2.26. The lowest BCUT2D eigenvalue weighted by molar-refractivity contribution is -0.139. The van der Waals surface area contributed by atoms with Gasteiger partial charge in [-0.3, -0.25) is 19.7 Å². The Morgan fingerprint density at radius 1 is 1.37 bits per heavy atom. The molecule has 2 rings (SSSR count). The minimum atomic E-state index is -0.879. The van der Waals surface area contributed by atoms with Gasteiger partial charge in [0.2, 0.25) is 11.8 Å². The molecular formula is C11H15N3O5. The van der Waals surface area contributed by atoms with E-state index in [0.29, 0.717) is 19.5 Å². The van der Waals surface area contributed by atoms with Crippen molar-refractivity contribution in [3.8, 4) is 0 Å². The van der Waals surface area contributed by atoms with Crippen molar-refractivity contribution in [3.05, 3.63) is 0 Å². The maximum absolute atomic E-state index is 11.8. The van der Waals surface area contributed by atoms with Crippen LogP contribution in [0, 0.1) is 5.92 Å². The van der Waals surface area contributed by atoms with Gasteiger partial charge in [0.15, 0.2) is 0 Å². The van der Waals surface area contributed by atoms with E-state index in [1.54, 1.807) is 0 Å². The number of rotatable bonds is 3. The zero-order valence-corrected chi connectivity index (χ0v) is 10.2. The Balaban J connectivity index is 1.75. The molecule has 19 heavy (non-hydrogen) atoms. The van der Waals surface area contributed by atoms with Crippen molar-refractivity contribution in [2.24, 2.45) is 5.92 Å². The van der Waals surface area contributed by atoms with Crippen molar-refractivity contribution in [2.75, 3.05) is 13.1 Å². The fourth-order valence-corrected chi connectivity index (χ4v) is 2.18. The number of carbonyl (C=O) groups is 4. The fourth-order valence-electron chi connectivity index (χ4n) is 2.18. The molecule has 8 heteroatoms. The van der Waals surface area contributed by atoms with Crippen molar-refractivity contribution in [1.82, 2.24) is 15.5 Å². The van der Waals surface area contributed by atoms with Crippen LogP contribution in [-0.4, -0.2) is 53.0 Å². The largest absolute Gasteiger partial charge is 0.481 e. The van der Waals surface area contributed by atoms with E-state index >= 15 is 0 Å². The Labute approximate surface area is 109 Å². The third-order valence-corrected chi connectivity index (χ3v) is 3.24. The van der Waals surface area contributed by atoms with Crippen molar-refractivity contribution in [3.63, 3.8) is 0 Å². The summed E-state index contributed by atoms with van der Waals surface area (Å²) in [6.45, 7) is 0.761. The molecule has 2 heterocycles. The topological polar surface area (TPSA) is 116 Å². The molecule has 3 N–H and O–H groups in total. The van der Waals surface area contributed by atoms with Crippen LogP contribution in [0.4, 0.5) is 4.79 Å². The van der Waals surface area contributed by atoms with Gasteiger partial charge in [0.1, 0.15) is 6.04 Å². The Morgan fingerprint density at radius 3 is 2.63 bits per heavy atom. The molecular weight excluding hydrogens is 254 g/mol. The lowest BCUT2D eigenvalue weighted by Gasteiger charge is -2.39. The first-order valence-electron chi connectivity index (χ1n) is 6.06. The van der Waals surface area contributed by atoms with E-state index in [2.05, 4.69) is 10.6 Å². The number of urea groups is 1. The SMILES string of the molecule is O=C(O)CC1CN(C(=O)NC2CCC(=O)NC2=O)C1. The number of hydrogen-bond acceptors (Lipinski definition) is 4. The monoisotopic (exact) mass is 269 g/mol. The maximum Gasteiger partial charge on any atom is 0.318 e. The Hall–Kier alpha value is -2.12. The van der Waals surface area contributed by atoms with Gasteiger partial charge in [0.25, 0.3) is 0 Å². The number of likely N-dealkylation sites (tertiary alicyclic amines) is 1. The second-order valence-electron chi connectivity index (χ2n) is 4.82. The summed E-state index contributed by atoms with van der Waals surface area (Å²) in [5.74, 6) is -1.73. The summed E-state index contributed by atoms with van der Waals surface area (Å²) in [5, 5.41) is 13.3. The lowest BCUT2D eigenvalue weighted by Crippen LogP contribution is -2.59. The van der Waals surface area contributed by atoms with E-state index in [1.807, 2.05) is 0 Å². The van der Waals surface area contributed by atoms with Crippen LogP contribution in [0.1, 0.15) is 19.3 Å². The standard InChI is InChI=1S/C11H15N3O5/c15-8-2-1-7(10(18)13-8)12-11(19)14-4-6(5-14)3-9(16)17/h6-7H,1-5H2,(H,12,19)(H,16,17)(H,13,15,18). The van der Waals surface area contributed by atoms with Gasteiger partial charge in [-0.25, -0.2) is 4.79 Å². The van der Waals surface area contributed by atoms with Crippen molar-refractivity contribution >= 4 is 23.8 Å². The summed E-state index contributed by atoms with van der Waals surface area (Å²) in [6.07, 6.45) is 0.545. The zero-order valence-electron chi connectivity index (χ0n) is 10.2. The van der Waals surface area contributed by atoms with Crippen molar-refractivity contribution < 1.29 is 24.3 Å². The molecule has 2 aliphatic heterocycles. The van der Waals surface area contributed by atoms with Crippen molar-refractivity contribution in [2.45, 2.75) is 25.3 Å². The first-order chi connectivity index (χ1) is 8.95. The highest BCUT2D eigenvalue weighted by molar-refractivity contribution is 6.01. The highest BCUT2D eigenvalue weighted by atomic mass is 16.4. The number of nitrogens with one attached hydrogen (secondary N) is 2. The molecule has 104 valence electrons. The number of hydrogen-bond donors (Lipinski definition) is 3. The first kappa shape index (κ1) is 13.3. The predicted octanol–water partition coefficient (Wildman–Crippen LogP) is -1.09. The molecule has 1 atom stereocenters. The molecule has 2 fully saturated rings. The third-order valence-electron chi connectivity index (χ3n) is 3.24. The summed E-state index contributed by atoms with van der Waals surface area (Å²) in [4.78, 5) is 46.1. The van der Waals surface area contributed by atoms with Gasteiger partial charge < -0.3 is 15.3 Å². The smallest absolute Gasteiger partial charge is 0.318 e. The summed E-state index contributed by atoms with van der Waals surface area (Å²) in [5.41, 5.74) is 0. The summed E-state index contributed by atoms with van der Waals surface area (Å²) >= 11 is 0. The molecule has 0 saturated carbocycles. The van der Waals surface area contributed by atoms with Gasteiger partial charge in [0, 0.05) is 25.4 Å². The van der Waals surface area contributed by atoms with Crippen LogP contribution in [0.2, 0.25) is 0 Å². The van der Waals surface area contributed by atoms with Gasteiger partial charge in [0.05, 0.1) is 6.42 Å². The van der Waals surface area contributed by atoms with Crippen LogP contribution >= 0.6 is 0 Å². The molecule has 0 bridgehead atoms. The Morgan fingerprint density at radius 2 is 2.05 bits per heavy atom. The number of piperidine rings is 1. The summed E-state index contributed by atoms with van der Waals surface area (Å²) in [6, 6.07) is -1.08. The summed E-state index contributed by atoms with van der Waals surface area (Å²) in [7, 11) is 0. The second-order valence-corrected chi connectivity index (χ2v) is 4.82. The fraction of sp³-hybridized carbons (Fsp3) is 0.636. The van der Waals surface area contributed by atoms with Crippen LogP contribution in [0.15, 0.2) is 0 Å².